The zero-order chi connectivity index (χ0) is 19.0. The number of benzene rings is 1. The van der Waals surface area contributed by atoms with Crippen molar-refractivity contribution in [2.75, 3.05) is 18.0 Å². The summed E-state index contributed by atoms with van der Waals surface area (Å²) in [4.78, 5) is 12.7. The molecule has 8 nitrogen and oxygen atoms in total. The van der Waals surface area contributed by atoms with E-state index < -0.39 is 20.5 Å². The molecule has 0 spiro atoms. The van der Waals surface area contributed by atoms with E-state index in [2.05, 4.69) is 4.72 Å². The van der Waals surface area contributed by atoms with Gasteiger partial charge in [-0.25, -0.2) is 13.1 Å². The molecule has 1 fully saturated rings. The Bertz CT molecular complexity index is 748. The van der Waals surface area contributed by atoms with E-state index >= 15 is 0 Å². The van der Waals surface area contributed by atoms with Gasteiger partial charge in [0.1, 0.15) is 5.69 Å². The molecule has 9 heteroatoms. The van der Waals surface area contributed by atoms with Gasteiger partial charge in [0, 0.05) is 24.7 Å². The summed E-state index contributed by atoms with van der Waals surface area (Å²) in [6, 6.07) is 4.02. The van der Waals surface area contributed by atoms with Crippen LogP contribution in [0.15, 0.2) is 23.1 Å². The molecule has 1 aromatic rings. The number of ether oxygens (including phenoxy) is 1. The van der Waals surface area contributed by atoms with Crippen LogP contribution in [-0.2, 0) is 14.8 Å². The summed E-state index contributed by atoms with van der Waals surface area (Å²) in [7, 11) is -3.84. The van der Waals surface area contributed by atoms with Crippen LogP contribution in [0, 0.1) is 10.1 Å². The molecule has 1 heterocycles. The molecule has 1 aliphatic heterocycles. The fourth-order valence-corrected chi connectivity index (χ4v) is 4.36. The third-order valence-electron chi connectivity index (χ3n) is 3.65. The summed E-state index contributed by atoms with van der Waals surface area (Å²) in [5.41, 5.74) is -0.499. The Kier molecular flexibility index (Phi) is 5.41. The number of hydrogen-bond donors (Lipinski definition) is 1. The summed E-state index contributed by atoms with van der Waals surface area (Å²) in [6.07, 6.45) is -0.122. The third-order valence-corrected chi connectivity index (χ3v) is 5.41. The van der Waals surface area contributed by atoms with Gasteiger partial charge >= 0.3 is 0 Å². The molecular formula is C16H25N3O5S. The summed E-state index contributed by atoms with van der Waals surface area (Å²) in [6.45, 7) is 9.97. The van der Waals surface area contributed by atoms with Gasteiger partial charge in [-0.05, 0) is 46.8 Å². The quantitative estimate of drug-likeness (QED) is 0.643. The number of nitro benzene ring substituents is 1. The van der Waals surface area contributed by atoms with Gasteiger partial charge in [0.2, 0.25) is 10.0 Å². The van der Waals surface area contributed by atoms with Gasteiger partial charge in [0.05, 0.1) is 22.0 Å². The van der Waals surface area contributed by atoms with Crippen molar-refractivity contribution in [3.05, 3.63) is 28.3 Å². The number of nitro groups is 1. The highest BCUT2D eigenvalue weighted by Gasteiger charge is 2.30. The lowest BCUT2D eigenvalue weighted by molar-refractivity contribution is -0.384. The Hall–Kier alpha value is -1.71. The molecule has 1 aliphatic rings. The van der Waals surface area contributed by atoms with Crippen LogP contribution in [0.25, 0.3) is 0 Å². The largest absolute Gasteiger partial charge is 0.372 e. The molecule has 1 N–H and O–H groups in total. The summed E-state index contributed by atoms with van der Waals surface area (Å²) < 4.78 is 33.1. The molecule has 0 radical (unpaired) electrons. The Balaban J connectivity index is 2.43. The highest BCUT2D eigenvalue weighted by molar-refractivity contribution is 7.89. The zero-order valence-corrected chi connectivity index (χ0v) is 16.0. The molecule has 140 valence electrons. The number of nitrogens with one attached hydrogen (secondary N) is 1. The predicted octanol–water partition coefficient (Wildman–Crippen LogP) is 2.29. The lowest BCUT2D eigenvalue weighted by atomic mass is 10.1. The van der Waals surface area contributed by atoms with E-state index in [1.54, 1.807) is 20.8 Å². The first-order chi connectivity index (χ1) is 11.4. The van der Waals surface area contributed by atoms with E-state index in [1.807, 2.05) is 18.7 Å². The number of rotatable bonds is 4. The van der Waals surface area contributed by atoms with Crippen molar-refractivity contribution in [3.8, 4) is 0 Å². The minimum absolute atomic E-state index is 0.0608. The van der Waals surface area contributed by atoms with Gasteiger partial charge < -0.3 is 9.64 Å². The molecule has 2 atom stereocenters. The third kappa shape index (κ3) is 4.90. The van der Waals surface area contributed by atoms with E-state index in [0.29, 0.717) is 18.8 Å². The maximum Gasteiger partial charge on any atom is 0.293 e. The number of nitrogens with zero attached hydrogens (tertiary/aromatic N) is 2. The molecule has 1 aromatic carbocycles. The zero-order valence-electron chi connectivity index (χ0n) is 15.1. The summed E-state index contributed by atoms with van der Waals surface area (Å²) >= 11 is 0. The predicted molar refractivity (Wildman–Crippen MR) is 95.4 cm³/mol. The Labute approximate surface area is 148 Å². The Morgan fingerprint density at radius 1 is 1.24 bits per heavy atom. The highest BCUT2D eigenvalue weighted by Crippen LogP contribution is 2.33. The first-order valence-electron chi connectivity index (χ1n) is 8.12. The van der Waals surface area contributed by atoms with Gasteiger partial charge in [0.15, 0.2) is 0 Å². The van der Waals surface area contributed by atoms with Crippen molar-refractivity contribution in [3.63, 3.8) is 0 Å². The molecule has 25 heavy (non-hydrogen) atoms. The highest BCUT2D eigenvalue weighted by atomic mass is 32.2. The lowest BCUT2D eigenvalue weighted by Crippen LogP contribution is -2.45. The normalized spacial score (nSPS) is 22.0. The molecule has 0 saturated carbocycles. The van der Waals surface area contributed by atoms with Gasteiger partial charge in [-0.1, -0.05) is 0 Å². The van der Waals surface area contributed by atoms with Crippen LogP contribution in [0.4, 0.5) is 11.4 Å². The van der Waals surface area contributed by atoms with E-state index in [1.165, 1.54) is 12.1 Å². The van der Waals surface area contributed by atoms with Crippen LogP contribution in [0.5, 0.6) is 0 Å². The molecule has 0 aliphatic carbocycles. The minimum atomic E-state index is -3.84. The van der Waals surface area contributed by atoms with Crippen LogP contribution in [0.3, 0.4) is 0 Å². The second kappa shape index (κ2) is 6.89. The first-order valence-corrected chi connectivity index (χ1v) is 9.60. The van der Waals surface area contributed by atoms with E-state index in [0.717, 1.165) is 6.07 Å². The second-order valence-corrected chi connectivity index (χ2v) is 9.11. The van der Waals surface area contributed by atoms with Crippen molar-refractivity contribution in [2.45, 2.75) is 57.3 Å². The molecule has 2 rings (SSSR count). The van der Waals surface area contributed by atoms with Crippen molar-refractivity contribution in [1.82, 2.24) is 4.72 Å². The van der Waals surface area contributed by atoms with Gasteiger partial charge in [0.25, 0.3) is 5.69 Å². The van der Waals surface area contributed by atoms with Crippen molar-refractivity contribution in [1.29, 1.82) is 0 Å². The second-order valence-electron chi connectivity index (χ2n) is 7.43. The molecular weight excluding hydrogens is 346 g/mol. The molecule has 0 bridgehead atoms. The van der Waals surface area contributed by atoms with Crippen LogP contribution in [-0.4, -0.2) is 44.2 Å². The standard InChI is InChI=1S/C16H25N3O5S/c1-11-9-18(10-12(2)24-11)14-7-6-13(8-15(14)19(20)21)25(22,23)17-16(3,4)5/h6-8,11-12,17H,9-10H2,1-5H3/t11-,12-/m0/s1. The molecule has 0 amide bonds. The van der Waals surface area contributed by atoms with Crippen LogP contribution < -0.4 is 9.62 Å². The first kappa shape index (κ1) is 19.6. The van der Waals surface area contributed by atoms with E-state index in [-0.39, 0.29) is 22.8 Å². The fourth-order valence-electron chi connectivity index (χ4n) is 2.92. The number of anilines is 1. The average Bonchev–Trinajstić information content (AvgIpc) is 2.43. The van der Waals surface area contributed by atoms with Crippen LogP contribution in [0.2, 0.25) is 0 Å². The van der Waals surface area contributed by atoms with E-state index in [9.17, 15) is 18.5 Å². The molecule has 0 aromatic heterocycles. The lowest BCUT2D eigenvalue weighted by Gasteiger charge is -2.36. The average molecular weight is 371 g/mol. The number of hydrogen-bond acceptors (Lipinski definition) is 6. The SMILES string of the molecule is C[C@H]1CN(c2ccc(S(=O)(=O)NC(C)(C)C)cc2[N+](=O)[O-])C[C@H](C)O1. The summed E-state index contributed by atoms with van der Waals surface area (Å²) in [5, 5.41) is 11.5. The van der Waals surface area contributed by atoms with Gasteiger partial charge in [-0.3, -0.25) is 10.1 Å². The molecule has 1 saturated heterocycles. The number of sulfonamides is 1. The van der Waals surface area contributed by atoms with Gasteiger partial charge in [-0.2, -0.15) is 0 Å². The maximum absolute atomic E-state index is 12.4. The van der Waals surface area contributed by atoms with Crippen LogP contribution >= 0.6 is 0 Å². The minimum Gasteiger partial charge on any atom is -0.372 e. The topological polar surface area (TPSA) is 102 Å². The van der Waals surface area contributed by atoms with Crippen LogP contribution in [0.1, 0.15) is 34.6 Å². The molecule has 0 unspecified atom stereocenters. The van der Waals surface area contributed by atoms with Crippen molar-refractivity contribution >= 4 is 21.4 Å². The van der Waals surface area contributed by atoms with Crippen molar-refractivity contribution in [2.24, 2.45) is 0 Å². The van der Waals surface area contributed by atoms with Gasteiger partial charge in [-0.15, -0.1) is 0 Å². The number of morpholine rings is 1. The summed E-state index contributed by atoms with van der Waals surface area (Å²) in [5.74, 6) is 0. The maximum atomic E-state index is 12.4. The smallest absolute Gasteiger partial charge is 0.293 e. The Morgan fingerprint density at radius 2 is 1.80 bits per heavy atom. The Morgan fingerprint density at radius 3 is 2.28 bits per heavy atom. The van der Waals surface area contributed by atoms with Crippen molar-refractivity contribution < 1.29 is 18.1 Å². The fraction of sp³-hybridized carbons (Fsp3) is 0.625. The monoisotopic (exact) mass is 371 g/mol. The van der Waals surface area contributed by atoms with E-state index in [4.69, 9.17) is 4.74 Å².